The minimum Gasteiger partial charge on any atom is -0.465 e. The molecule has 0 aliphatic carbocycles. The summed E-state index contributed by atoms with van der Waals surface area (Å²) in [6.45, 7) is 0. The summed E-state index contributed by atoms with van der Waals surface area (Å²) >= 11 is 4.74. The molecule has 1 aromatic heterocycles. The van der Waals surface area contributed by atoms with Gasteiger partial charge in [-0.15, -0.1) is 0 Å². The number of nitrogens with zero attached hydrogens (tertiary/aromatic N) is 3. The summed E-state index contributed by atoms with van der Waals surface area (Å²) in [5.74, 6) is -1.29. The zero-order chi connectivity index (χ0) is 22.7. The number of aromatic nitrogens is 1. The molecule has 0 unspecified atom stereocenters. The summed E-state index contributed by atoms with van der Waals surface area (Å²) < 4.78 is 19.7. The van der Waals surface area contributed by atoms with Gasteiger partial charge in [-0.25, -0.2) is 14.2 Å². The molecule has 1 amide bonds. The number of esters is 1. The lowest BCUT2D eigenvalue weighted by atomic mass is 10.1. The van der Waals surface area contributed by atoms with Crippen LogP contribution < -0.4 is 5.01 Å². The molecule has 9 heteroatoms. The van der Waals surface area contributed by atoms with E-state index in [2.05, 4.69) is 26.0 Å². The minimum absolute atomic E-state index is 0.314. The highest BCUT2D eigenvalue weighted by molar-refractivity contribution is 9.10. The first-order chi connectivity index (χ1) is 15.4. The summed E-state index contributed by atoms with van der Waals surface area (Å²) in [6.07, 6.45) is 1.46. The molecule has 6 nitrogen and oxygen atoms in total. The summed E-state index contributed by atoms with van der Waals surface area (Å²) in [5, 5.41) is 5.91. The monoisotopic (exact) mass is 511 g/mol. The van der Waals surface area contributed by atoms with Crippen molar-refractivity contribution in [1.29, 1.82) is 0 Å². The second kappa shape index (κ2) is 9.37. The predicted octanol–water partition coefficient (Wildman–Crippen LogP) is 5.67. The van der Waals surface area contributed by atoms with E-state index in [0.29, 0.717) is 21.8 Å². The van der Waals surface area contributed by atoms with E-state index in [1.165, 1.54) is 66.1 Å². The number of fused-ring (bicyclic) bond motifs is 1. The van der Waals surface area contributed by atoms with Crippen LogP contribution in [-0.4, -0.2) is 30.2 Å². The molecule has 0 spiro atoms. The summed E-state index contributed by atoms with van der Waals surface area (Å²) in [6, 6.07) is 17.4. The summed E-state index contributed by atoms with van der Waals surface area (Å²) in [5.41, 5.74) is 1.99. The van der Waals surface area contributed by atoms with Crippen molar-refractivity contribution in [3.63, 3.8) is 0 Å². The number of carbonyl (C=O) groups excluding carboxylic acids is 2. The van der Waals surface area contributed by atoms with Crippen molar-refractivity contribution in [3.05, 3.63) is 93.7 Å². The van der Waals surface area contributed by atoms with Gasteiger partial charge < -0.3 is 4.74 Å². The van der Waals surface area contributed by atoms with E-state index in [9.17, 15) is 14.0 Å². The molecule has 0 bridgehead atoms. The van der Waals surface area contributed by atoms with Gasteiger partial charge in [0.1, 0.15) is 5.82 Å². The Balaban J connectivity index is 1.72. The van der Waals surface area contributed by atoms with Crippen LogP contribution in [0.1, 0.15) is 26.3 Å². The van der Waals surface area contributed by atoms with E-state index >= 15 is 0 Å². The van der Waals surface area contributed by atoms with Crippen LogP contribution in [0.15, 0.2) is 76.3 Å². The molecule has 32 heavy (non-hydrogen) atoms. The molecule has 0 N–H and O–H groups in total. The number of amides is 1. The molecule has 0 aliphatic rings. The molecule has 0 saturated carbocycles. The van der Waals surface area contributed by atoms with E-state index in [-0.39, 0.29) is 5.82 Å². The SMILES string of the molecule is COC(=O)c1ccc(C(=O)N(/N=C/c2ccc(F)cc2)c2nc3ccc(Br)cc3s2)cc1. The van der Waals surface area contributed by atoms with Crippen molar-refractivity contribution < 1.29 is 18.7 Å². The van der Waals surface area contributed by atoms with Crippen LogP contribution in [0.3, 0.4) is 0 Å². The Morgan fingerprint density at radius 3 is 2.44 bits per heavy atom. The Labute approximate surface area is 195 Å². The Kier molecular flexibility index (Phi) is 6.38. The molecule has 4 aromatic rings. The Bertz CT molecular complexity index is 1320. The minimum atomic E-state index is -0.494. The van der Waals surface area contributed by atoms with Crippen molar-refractivity contribution in [3.8, 4) is 0 Å². The zero-order valence-corrected chi connectivity index (χ0v) is 19.1. The van der Waals surface area contributed by atoms with Crippen molar-refractivity contribution >= 4 is 60.7 Å². The van der Waals surface area contributed by atoms with Crippen molar-refractivity contribution in [1.82, 2.24) is 4.98 Å². The first kappa shape index (κ1) is 21.8. The van der Waals surface area contributed by atoms with Crippen LogP contribution in [0.5, 0.6) is 0 Å². The van der Waals surface area contributed by atoms with Gasteiger partial charge in [0, 0.05) is 10.0 Å². The predicted molar refractivity (Wildman–Crippen MR) is 126 cm³/mol. The fourth-order valence-electron chi connectivity index (χ4n) is 2.83. The number of rotatable bonds is 5. The molecule has 0 aliphatic heterocycles. The summed E-state index contributed by atoms with van der Waals surface area (Å²) in [7, 11) is 1.29. The van der Waals surface area contributed by atoms with Crippen molar-refractivity contribution in [2.24, 2.45) is 5.10 Å². The maximum atomic E-state index is 13.3. The molecule has 0 saturated heterocycles. The van der Waals surface area contributed by atoms with Gasteiger partial charge >= 0.3 is 5.97 Å². The number of hydrazone groups is 1. The number of methoxy groups -OCH3 is 1. The Hall–Kier alpha value is -3.43. The third kappa shape index (κ3) is 4.74. The van der Waals surface area contributed by atoms with Crippen LogP contribution in [-0.2, 0) is 4.74 Å². The van der Waals surface area contributed by atoms with E-state index in [4.69, 9.17) is 4.74 Å². The van der Waals surface area contributed by atoms with Gasteiger partial charge in [-0.1, -0.05) is 39.4 Å². The van der Waals surface area contributed by atoms with Crippen LogP contribution in [0.25, 0.3) is 10.2 Å². The molecular weight excluding hydrogens is 497 g/mol. The number of benzene rings is 3. The highest BCUT2D eigenvalue weighted by atomic mass is 79.9. The number of hydrogen-bond donors (Lipinski definition) is 0. The van der Waals surface area contributed by atoms with Gasteiger partial charge in [0.2, 0.25) is 5.13 Å². The third-order valence-electron chi connectivity index (χ3n) is 4.46. The zero-order valence-electron chi connectivity index (χ0n) is 16.7. The number of hydrogen-bond acceptors (Lipinski definition) is 6. The van der Waals surface area contributed by atoms with E-state index in [1.807, 2.05) is 18.2 Å². The average Bonchev–Trinajstić information content (AvgIpc) is 3.22. The normalized spacial score (nSPS) is 11.1. The van der Waals surface area contributed by atoms with Gasteiger partial charge in [-0.3, -0.25) is 4.79 Å². The van der Waals surface area contributed by atoms with Crippen LogP contribution in [0, 0.1) is 5.82 Å². The number of thiazole rings is 1. The number of carbonyl (C=O) groups is 2. The maximum absolute atomic E-state index is 13.3. The lowest BCUT2D eigenvalue weighted by molar-refractivity contribution is 0.0600. The highest BCUT2D eigenvalue weighted by Crippen LogP contribution is 2.32. The number of ether oxygens (including phenoxy) is 1. The second-order valence-corrected chi connectivity index (χ2v) is 8.52. The van der Waals surface area contributed by atoms with Gasteiger partial charge in [-0.2, -0.15) is 10.1 Å². The Morgan fingerprint density at radius 1 is 1.06 bits per heavy atom. The number of halogens is 2. The molecule has 0 atom stereocenters. The highest BCUT2D eigenvalue weighted by Gasteiger charge is 2.21. The van der Waals surface area contributed by atoms with Gasteiger partial charge in [0.05, 0.1) is 29.1 Å². The third-order valence-corrected chi connectivity index (χ3v) is 5.94. The van der Waals surface area contributed by atoms with Gasteiger partial charge in [-0.05, 0) is 60.2 Å². The van der Waals surface area contributed by atoms with Crippen LogP contribution in [0.2, 0.25) is 0 Å². The van der Waals surface area contributed by atoms with Crippen LogP contribution >= 0.6 is 27.3 Å². The first-order valence-electron chi connectivity index (χ1n) is 9.33. The van der Waals surface area contributed by atoms with Crippen molar-refractivity contribution in [2.75, 3.05) is 12.1 Å². The second-order valence-electron chi connectivity index (χ2n) is 6.59. The van der Waals surface area contributed by atoms with E-state index in [1.54, 1.807) is 12.1 Å². The lowest BCUT2D eigenvalue weighted by Crippen LogP contribution is -2.25. The molecule has 4 rings (SSSR count). The largest absolute Gasteiger partial charge is 0.465 e. The van der Waals surface area contributed by atoms with Crippen molar-refractivity contribution in [2.45, 2.75) is 0 Å². The van der Waals surface area contributed by atoms with E-state index in [0.717, 1.165) is 14.7 Å². The fraction of sp³-hybridized carbons (Fsp3) is 0.0435. The maximum Gasteiger partial charge on any atom is 0.337 e. The topological polar surface area (TPSA) is 71.9 Å². The molecule has 1 heterocycles. The number of anilines is 1. The molecule has 0 radical (unpaired) electrons. The average molecular weight is 512 g/mol. The molecular formula is C23H15BrFN3O3S. The van der Waals surface area contributed by atoms with E-state index < -0.39 is 11.9 Å². The molecule has 3 aromatic carbocycles. The van der Waals surface area contributed by atoms with Gasteiger partial charge in [0.25, 0.3) is 5.91 Å². The standard InChI is InChI=1S/C23H15BrFN3O3S/c1-31-22(30)16-6-4-15(5-7-16)21(29)28(26-13-14-2-9-18(25)10-3-14)23-27-19-11-8-17(24)12-20(19)32-23/h2-13H,1H3/b26-13+. The fourth-order valence-corrected chi connectivity index (χ4v) is 4.30. The first-order valence-corrected chi connectivity index (χ1v) is 10.9. The molecule has 0 fully saturated rings. The summed E-state index contributed by atoms with van der Waals surface area (Å²) in [4.78, 5) is 29.5. The smallest absolute Gasteiger partial charge is 0.337 e. The Morgan fingerprint density at radius 2 is 1.75 bits per heavy atom. The quantitative estimate of drug-likeness (QED) is 0.196. The van der Waals surface area contributed by atoms with Gasteiger partial charge in [0.15, 0.2) is 0 Å². The molecule has 160 valence electrons. The lowest BCUT2D eigenvalue weighted by Gasteiger charge is -2.14. The van der Waals surface area contributed by atoms with Crippen LogP contribution in [0.4, 0.5) is 9.52 Å².